The minimum atomic E-state index is -0.816. The van der Waals surface area contributed by atoms with Gasteiger partial charge in [-0.3, -0.25) is 9.78 Å². The predicted molar refractivity (Wildman–Crippen MR) is 85.1 cm³/mol. The van der Waals surface area contributed by atoms with Crippen molar-refractivity contribution < 1.29 is 14.3 Å². The van der Waals surface area contributed by atoms with Crippen LogP contribution < -0.4 is 4.74 Å². The van der Waals surface area contributed by atoms with Gasteiger partial charge in [-0.15, -0.1) is 0 Å². The molecule has 0 radical (unpaired) electrons. The molecule has 0 aliphatic rings. The van der Waals surface area contributed by atoms with E-state index < -0.39 is 5.41 Å². The Bertz CT molecular complexity index is 713. The number of aromatic nitrogens is 1. The lowest BCUT2D eigenvalue weighted by Crippen LogP contribution is -2.32. The lowest BCUT2D eigenvalue weighted by Gasteiger charge is -2.21. The number of pyridine rings is 1. The second-order valence-electron chi connectivity index (χ2n) is 5.46. The molecular formula is C18H18N2O3. The highest BCUT2D eigenvalue weighted by molar-refractivity contribution is 5.81. The zero-order chi connectivity index (χ0) is 16.9. The summed E-state index contributed by atoms with van der Waals surface area (Å²) in [5.74, 6) is 0.856. The van der Waals surface area contributed by atoms with Gasteiger partial charge in [-0.25, -0.2) is 0 Å². The number of esters is 1. The number of benzene rings is 1. The summed E-state index contributed by atoms with van der Waals surface area (Å²) in [6.45, 7) is 5.65. The maximum absolute atomic E-state index is 12.0. The monoisotopic (exact) mass is 310 g/mol. The number of hydrogen-bond donors (Lipinski definition) is 0. The van der Waals surface area contributed by atoms with Crippen molar-refractivity contribution in [2.45, 2.75) is 26.2 Å². The molecule has 23 heavy (non-hydrogen) atoms. The molecule has 0 aliphatic carbocycles. The summed E-state index contributed by atoms with van der Waals surface area (Å²) in [6, 6.07) is 12.3. The van der Waals surface area contributed by atoms with Crippen LogP contribution in [0.25, 0.3) is 0 Å². The van der Waals surface area contributed by atoms with Crippen LogP contribution in [0.2, 0.25) is 0 Å². The van der Waals surface area contributed by atoms with Gasteiger partial charge in [0.2, 0.25) is 0 Å². The summed E-state index contributed by atoms with van der Waals surface area (Å²) in [5, 5.41) is 8.77. The second kappa shape index (κ2) is 6.93. The third-order valence-corrected chi connectivity index (χ3v) is 3.38. The number of hydrogen-bond acceptors (Lipinski definition) is 5. The molecule has 0 spiro atoms. The molecule has 0 saturated heterocycles. The zero-order valence-electron chi connectivity index (χ0n) is 13.4. The van der Waals surface area contributed by atoms with Crippen LogP contribution in [-0.2, 0) is 14.9 Å². The van der Waals surface area contributed by atoms with Gasteiger partial charge >= 0.3 is 5.97 Å². The molecule has 0 fully saturated rings. The van der Waals surface area contributed by atoms with E-state index in [1.807, 2.05) is 0 Å². The second-order valence-corrected chi connectivity index (χ2v) is 5.46. The molecule has 2 aromatic rings. The van der Waals surface area contributed by atoms with E-state index in [1.165, 1.54) is 0 Å². The first-order valence-electron chi connectivity index (χ1n) is 7.29. The van der Waals surface area contributed by atoms with Gasteiger partial charge in [-0.05, 0) is 57.2 Å². The van der Waals surface area contributed by atoms with Crippen LogP contribution >= 0.6 is 0 Å². The van der Waals surface area contributed by atoms with Crippen molar-refractivity contribution in [3.8, 4) is 17.6 Å². The summed E-state index contributed by atoms with van der Waals surface area (Å²) < 4.78 is 10.7. The van der Waals surface area contributed by atoms with Gasteiger partial charge < -0.3 is 9.47 Å². The molecule has 5 heteroatoms. The molecule has 0 amide bonds. The first-order valence-corrected chi connectivity index (χ1v) is 7.29. The van der Waals surface area contributed by atoms with Crippen LogP contribution in [0.1, 0.15) is 32.0 Å². The quantitative estimate of drug-likeness (QED) is 0.789. The van der Waals surface area contributed by atoms with Gasteiger partial charge in [0.1, 0.15) is 16.9 Å². The molecule has 0 unspecified atom stereocenters. The Labute approximate surface area is 135 Å². The Hall–Kier alpha value is -2.87. The summed E-state index contributed by atoms with van der Waals surface area (Å²) >= 11 is 0. The fourth-order valence-electron chi connectivity index (χ4n) is 1.96. The molecule has 5 nitrogen and oxygen atoms in total. The number of carbonyl (C=O) groups excluding carboxylic acids is 1. The largest absolute Gasteiger partial charge is 0.465 e. The Kier molecular flexibility index (Phi) is 4.97. The van der Waals surface area contributed by atoms with Crippen molar-refractivity contribution in [2.24, 2.45) is 0 Å². The van der Waals surface area contributed by atoms with Crippen molar-refractivity contribution in [3.05, 3.63) is 53.9 Å². The number of carbonyl (C=O) groups is 1. The van der Waals surface area contributed by atoms with Gasteiger partial charge in [0.15, 0.2) is 0 Å². The highest BCUT2D eigenvalue weighted by atomic mass is 16.5. The molecule has 0 saturated carbocycles. The molecular weight excluding hydrogens is 292 g/mol. The Balaban J connectivity index is 2.12. The third kappa shape index (κ3) is 3.86. The molecule has 118 valence electrons. The predicted octanol–water partition coefficient (Wildman–Crippen LogP) is 3.59. The number of nitriles is 1. The number of nitrogens with zero attached hydrogens (tertiary/aromatic N) is 2. The Morgan fingerprint density at radius 3 is 2.35 bits per heavy atom. The summed E-state index contributed by atoms with van der Waals surface area (Å²) in [4.78, 5) is 16.3. The van der Waals surface area contributed by atoms with E-state index in [1.54, 1.807) is 63.4 Å². The fraction of sp³-hybridized carbons (Fsp3) is 0.278. The van der Waals surface area contributed by atoms with Crippen LogP contribution in [0.4, 0.5) is 0 Å². The summed E-state index contributed by atoms with van der Waals surface area (Å²) in [7, 11) is 0. The molecule has 0 atom stereocenters. The first kappa shape index (κ1) is 16.5. The van der Waals surface area contributed by atoms with Crippen LogP contribution in [0.15, 0.2) is 42.6 Å². The van der Waals surface area contributed by atoms with Crippen molar-refractivity contribution in [1.29, 1.82) is 5.26 Å². The molecule has 1 aromatic heterocycles. The van der Waals surface area contributed by atoms with E-state index in [2.05, 4.69) is 11.1 Å². The standard InChI is InChI=1S/C18H18N2O3/c1-4-22-17(21)18(2,3)16-10-9-15(12-20-16)23-14-7-5-13(11-19)6-8-14/h5-10,12H,4H2,1-3H3. The molecule has 1 heterocycles. The van der Waals surface area contributed by atoms with Crippen molar-refractivity contribution in [1.82, 2.24) is 4.98 Å². The van der Waals surface area contributed by atoms with Crippen molar-refractivity contribution >= 4 is 5.97 Å². The van der Waals surface area contributed by atoms with Gasteiger partial charge in [0, 0.05) is 0 Å². The Morgan fingerprint density at radius 2 is 1.83 bits per heavy atom. The minimum Gasteiger partial charge on any atom is -0.465 e. The fourth-order valence-corrected chi connectivity index (χ4v) is 1.96. The maximum atomic E-state index is 12.0. The smallest absolute Gasteiger partial charge is 0.317 e. The van der Waals surface area contributed by atoms with E-state index in [0.717, 1.165) is 0 Å². The molecule has 0 N–H and O–H groups in total. The average Bonchev–Trinajstić information content (AvgIpc) is 2.56. The Morgan fingerprint density at radius 1 is 1.17 bits per heavy atom. The lowest BCUT2D eigenvalue weighted by atomic mass is 9.89. The summed E-state index contributed by atoms with van der Waals surface area (Å²) in [6.07, 6.45) is 1.56. The van der Waals surface area contributed by atoms with Crippen LogP contribution in [0, 0.1) is 11.3 Å². The van der Waals surface area contributed by atoms with E-state index in [-0.39, 0.29) is 5.97 Å². The van der Waals surface area contributed by atoms with Gasteiger partial charge in [0.05, 0.1) is 30.1 Å². The SMILES string of the molecule is CCOC(=O)C(C)(C)c1ccc(Oc2ccc(C#N)cc2)cn1. The van der Waals surface area contributed by atoms with Crippen molar-refractivity contribution in [2.75, 3.05) is 6.61 Å². The lowest BCUT2D eigenvalue weighted by molar-refractivity contribution is -0.148. The highest BCUT2D eigenvalue weighted by Crippen LogP contribution is 2.26. The molecule has 0 bridgehead atoms. The average molecular weight is 310 g/mol. The van der Waals surface area contributed by atoms with E-state index in [9.17, 15) is 4.79 Å². The zero-order valence-corrected chi connectivity index (χ0v) is 13.4. The third-order valence-electron chi connectivity index (χ3n) is 3.38. The van der Waals surface area contributed by atoms with E-state index in [0.29, 0.717) is 29.4 Å². The van der Waals surface area contributed by atoms with Gasteiger partial charge in [0.25, 0.3) is 0 Å². The number of ether oxygens (including phenoxy) is 2. The topological polar surface area (TPSA) is 72.2 Å². The molecule has 0 aliphatic heterocycles. The van der Waals surface area contributed by atoms with Gasteiger partial charge in [-0.2, -0.15) is 5.26 Å². The van der Waals surface area contributed by atoms with E-state index in [4.69, 9.17) is 14.7 Å². The van der Waals surface area contributed by atoms with Crippen molar-refractivity contribution in [3.63, 3.8) is 0 Å². The van der Waals surface area contributed by atoms with Gasteiger partial charge in [-0.1, -0.05) is 0 Å². The highest BCUT2D eigenvalue weighted by Gasteiger charge is 2.32. The maximum Gasteiger partial charge on any atom is 0.317 e. The summed E-state index contributed by atoms with van der Waals surface area (Å²) in [5.41, 5.74) is 0.369. The van der Waals surface area contributed by atoms with E-state index >= 15 is 0 Å². The van der Waals surface area contributed by atoms with Crippen LogP contribution in [0.5, 0.6) is 11.5 Å². The molecule has 2 rings (SSSR count). The minimum absolute atomic E-state index is 0.312. The first-order chi connectivity index (χ1) is 11.0. The molecule has 1 aromatic carbocycles. The van der Waals surface area contributed by atoms with Crippen LogP contribution in [0.3, 0.4) is 0 Å². The van der Waals surface area contributed by atoms with Crippen LogP contribution in [-0.4, -0.2) is 17.6 Å². The normalized spacial score (nSPS) is 10.7. The number of rotatable bonds is 5.